The molecular formula is C16H19ClN2. The van der Waals surface area contributed by atoms with Gasteiger partial charge in [0, 0.05) is 23.5 Å². The van der Waals surface area contributed by atoms with Crippen molar-refractivity contribution in [2.24, 2.45) is 0 Å². The lowest BCUT2D eigenvalue weighted by Crippen LogP contribution is -2.23. The fraction of sp³-hybridized carbons (Fsp3) is 0.312. The lowest BCUT2D eigenvalue weighted by molar-refractivity contribution is 0.549. The van der Waals surface area contributed by atoms with Gasteiger partial charge in [-0.15, -0.1) is 0 Å². The molecule has 0 saturated heterocycles. The number of aromatic nitrogens is 1. The molecule has 0 aliphatic heterocycles. The highest BCUT2D eigenvalue weighted by molar-refractivity contribution is 6.30. The van der Waals surface area contributed by atoms with E-state index in [0.29, 0.717) is 0 Å². The highest BCUT2D eigenvalue weighted by Crippen LogP contribution is 2.23. The Hall–Kier alpha value is -1.38. The third kappa shape index (κ3) is 4.05. The third-order valence-electron chi connectivity index (χ3n) is 3.08. The van der Waals surface area contributed by atoms with Gasteiger partial charge < -0.3 is 5.32 Å². The van der Waals surface area contributed by atoms with Gasteiger partial charge in [-0.3, -0.25) is 4.98 Å². The molecule has 0 radical (unpaired) electrons. The molecule has 100 valence electrons. The van der Waals surface area contributed by atoms with Crippen LogP contribution in [0.4, 0.5) is 0 Å². The first-order valence-corrected chi connectivity index (χ1v) is 6.96. The van der Waals surface area contributed by atoms with Gasteiger partial charge in [0.1, 0.15) is 0 Å². The number of hydrogen-bond donors (Lipinski definition) is 1. The normalized spacial score (nSPS) is 12.4. The lowest BCUT2D eigenvalue weighted by atomic mass is 9.98. The second-order valence-electron chi connectivity index (χ2n) is 4.74. The molecule has 0 fully saturated rings. The molecule has 2 nitrogen and oxygen atoms in total. The van der Waals surface area contributed by atoms with Gasteiger partial charge in [0.25, 0.3) is 0 Å². The average Bonchev–Trinajstić information content (AvgIpc) is 2.38. The third-order valence-corrected chi connectivity index (χ3v) is 3.30. The number of aryl methyl sites for hydroxylation is 1. The summed E-state index contributed by atoms with van der Waals surface area (Å²) in [6.45, 7) is 5.12. The molecule has 2 rings (SSSR count). The Labute approximate surface area is 119 Å². The molecule has 0 amide bonds. The number of rotatable bonds is 5. The zero-order valence-electron chi connectivity index (χ0n) is 11.4. The first kappa shape index (κ1) is 14.0. The first-order chi connectivity index (χ1) is 9.19. The van der Waals surface area contributed by atoms with Crippen molar-refractivity contribution in [3.8, 4) is 0 Å². The van der Waals surface area contributed by atoms with Gasteiger partial charge in [0.2, 0.25) is 0 Å². The van der Waals surface area contributed by atoms with E-state index in [1.165, 1.54) is 16.7 Å². The van der Waals surface area contributed by atoms with Crippen LogP contribution in [-0.2, 0) is 6.42 Å². The Morgan fingerprint density at radius 1 is 1.32 bits per heavy atom. The molecule has 2 aromatic rings. The quantitative estimate of drug-likeness (QED) is 0.893. The van der Waals surface area contributed by atoms with Crippen LogP contribution in [0, 0.1) is 6.92 Å². The predicted octanol–water partition coefficient (Wildman–Crippen LogP) is 3.94. The maximum absolute atomic E-state index is 6.16. The van der Waals surface area contributed by atoms with Crippen LogP contribution in [0.15, 0.2) is 42.7 Å². The summed E-state index contributed by atoms with van der Waals surface area (Å²) in [7, 11) is 0. The van der Waals surface area contributed by atoms with E-state index in [-0.39, 0.29) is 6.04 Å². The van der Waals surface area contributed by atoms with Gasteiger partial charge in [-0.1, -0.05) is 30.7 Å². The number of nitrogens with one attached hydrogen (secondary N) is 1. The van der Waals surface area contributed by atoms with E-state index in [9.17, 15) is 0 Å². The van der Waals surface area contributed by atoms with E-state index in [0.717, 1.165) is 18.0 Å². The largest absolute Gasteiger partial charge is 0.310 e. The van der Waals surface area contributed by atoms with E-state index < -0.39 is 0 Å². The number of halogens is 1. The zero-order chi connectivity index (χ0) is 13.7. The number of hydrogen-bond acceptors (Lipinski definition) is 2. The molecule has 0 aliphatic carbocycles. The van der Waals surface area contributed by atoms with Gasteiger partial charge in [-0.2, -0.15) is 0 Å². The van der Waals surface area contributed by atoms with Crippen molar-refractivity contribution in [2.45, 2.75) is 26.3 Å². The van der Waals surface area contributed by atoms with Gasteiger partial charge in [0.15, 0.2) is 0 Å². The molecule has 1 atom stereocenters. The summed E-state index contributed by atoms with van der Waals surface area (Å²) in [5.41, 5.74) is 3.65. The maximum atomic E-state index is 6.16. The summed E-state index contributed by atoms with van der Waals surface area (Å²) in [6, 6.07) is 10.6. The SMILES string of the molecule is CCNC(Cc1cccnc1)c1cc(C)cc(Cl)c1. The van der Waals surface area contributed by atoms with Crippen LogP contribution in [0.3, 0.4) is 0 Å². The smallest absolute Gasteiger partial charge is 0.0411 e. The number of nitrogens with zero attached hydrogens (tertiary/aromatic N) is 1. The molecular weight excluding hydrogens is 256 g/mol. The Kier molecular flexibility index (Phi) is 4.94. The fourth-order valence-corrected chi connectivity index (χ4v) is 2.57. The van der Waals surface area contributed by atoms with E-state index in [1.54, 1.807) is 6.20 Å². The zero-order valence-corrected chi connectivity index (χ0v) is 12.1. The molecule has 1 unspecified atom stereocenters. The predicted molar refractivity (Wildman–Crippen MR) is 80.5 cm³/mol. The van der Waals surface area contributed by atoms with E-state index in [2.05, 4.69) is 36.3 Å². The summed E-state index contributed by atoms with van der Waals surface area (Å²) in [4.78, 5) is 4.17. The van der Waals surface area contributed by atoms with Crippen LogP contribution in [0.25, 0.3) is 0 Å². The van der Waals surface area contributed by atoms with Crippen molar-refractivity contribution in [2.75, 3.05) is 6.54 Å². The molecule has 1 N–H and O–H groups in total. The van der Waals surface area contributed by atoms with Crippen molar-refractivity contribution < 1.29 is 0 Å². The standard InChI is InChI=1S/C16H19ClN2/c1-3-19-16(9-13-5-4-6-18-11-13)14-7-12(2)8-15(17)10-14/h4-8,10-11,16,19H,3,9H2,1-2H3. The van der Waals surface area contributed by atoms with Crippen LogP contribution in [0.2, 0.25) is 5.02 Å². The lowest BCUT2D eigenvalue weighted by Gasteiger charge is -2.19. The minimum Gasteiger partial charge on any atom is -0.310 e. The Morgan fingerprint density at radius 3 is 2.79 bits per heavy atom. The molecule has 19 heavy (non-hydrogen) atoms. The second kappa shape index (κ2) is 6.69. The highest BCUT2D eigenvalue weighted by atomic mass is 35.5. The minimum absolute atomic E-state index is 0.270. The summed E-state index contributed by atoms with van der Waals surface area (Å²) >= 11 is 6.16. The topological polar surface area (TPSA) is 24.9 Å². The number of benzene rings is 1. The molecule has 1 aromatic heterocycles. The van der Waals surface area contributed by atoms with Crippen molar-refractivity contribution in [3.63, 3.8) is 0 Å². The van der Waals surface area contributed by atoms with Crippen LogP contribution < -0.4 is 5.32 Å². The first-order valence-electron chi connectivity index (χ1n) is 6.58. The Balaban J connectivity index is 2.24. The number of likely N-dealkylation sites (N-methyl/N-ethyl adjacent to an activating group) is 1. The maximum Gasteiger partial charge on any atom is 0.0411 e. The van der Waals surface area contributed by atoms with Gasteiger partial charge in [-0.05, 0) is 54.8 Å². The molecule has 3 heteroatoms. The van der Waals surface area contributed by atoms with Crippen LogP contribution in [-0.4, -0.2) is 11.5 Å². The molecule has 1 heterocycles. The molecule has 1 aromatic carbocycles. The van der Waals surface area contributed by atoms with Gasteiger partial charge >= 0.3 is 0 Å². The van der Waals surface area contributed by atoms with Crippen molar-refractivity contribution in [1.82, 2.24) is 10.3 Å². The Morgan fingerprint density at radius 2 is 2.16 bits per heavy atom. The molecule has 0 spiro atoms. The van der Waals surface area contributed by atoms with Crippen LogP contribution in [0.1, 0.15) is 29.7 Å². The Bertz CT molecular complexity index is 505. The van der Waals surface area contributed by atoms with E-state index in [1.807, 2.05) is 24.4 Å². The van der Waals surface area contributed by atoms with Gasteiger partial charge in [0.05, 0.1) is 0 Å². The molecule has 0 bridgehead atoms. The monoisotopic (exact) mass is 274 g/mol. The van der Waals surface area contributed by atoms with Gasteiger partial charge in [-0.25, -0.2) is 0 Å². The average molecular weight is 275 g/mol. The van der Waals surface area contributed by atoms with Crippen LogP contribution in [0.5, 0.6) is 0 Å². The second-order valence-corrected chi connectivity index (χ2v) is 5.17. The van der Waals surface area contributed by atoms with Crippen LogP contribution >= 0.6 is 11.6 Å². The summed E-state index contributed by atoms with van der Waals surface area (Å²) in [5.74, 6) is 0. The fourth-order valence-electron chi connectivity index (χ4n) is 2.27. The van der Waals surface area contributed by atoms with Crippen molar-refractivity contribution >= 4 is 11.6 Å². The van der Waals surface area contributed by atoms with E-state index >= 15 is 0 Å². The summed E-state index contributed by atoms with van der Waals surface area (Å²) < 4.78 is 0. The van der Waals surface area contributed by atoms with Crippen molar-refractivity contribution in [3.05, 3.63) is 64.4 Å². The summed E-state index contributed by atoms with van der Waals surface area (Å²) in [6.07, 6.45) is 4.64. The van der Waals surface area contributed by atoms with Crippen molar-refractivity contribution in [1.29, 1.82) is 0 Å². The number of pyridine rings is 1. The minimum atomic E-state index is 0.270. The molecule has 0 aliphatic rings. The molecule has 0 saturated carbocycles. The van der Waals surface area contributed by atoms with E-state index in [4.69, 9.17) is 11.6 Å². The summed E-state index contributed by atoms with van der Waals surface area (Å²) in [5, 5.41) is 4.31. The highest BCUT2D eigenvalue weighted by Gasteiger charge is 2.12.